The van der Waals surface area contributed by atoms with E-state index in [-0.39, 0.29) is 25.6 Å². The minimum Gasteiger partial charge on any atom is -0.462 e. The number of carbonyl (C=O) groups excluding carboxylic acids is 2. The molecule has 0 aromatic carbocycles. The average Bonchev–Trinajstić information content (AvgIpc) is 3.05. The number of phosphoric acid groups is 1. The van der Waals surface area contributed by atoms with E-state index < -0.39 is 32.5 Å². The molecular formula is C40H71O9P. The molecule has 0 aliphatic rings. The zero-order valence-corrected chi connectivity index (χ0v) is 32.5. The summed E-state index contributed by atoms with van der Waals surface area (Å²) in [5.41, 5.74) is 0. The predicted octanol–water partition coefficient (Wildman–Crippen LogP) is 10.4. The highest BCUT2D eigenvalue weighted by atomic mass is 31.2. The Hall–Kier alpha value is -2.03. The van der Waals surface area contributed by atoms with Gasteiger partial charge in [-0.25, -0.2) is 4.57 Å². The molecule has 0 saturated carbocycles. The van der Waals surface area contributed by atoms with E-state index in [1.165, 1.54) is 51.4 Å². The molecule has 2 atom stereocenters. The molecule has 0 radical (unpaired) electrons. The maximum absolute atomic E-state index is 12.4. The quantitative estimate of drug-likeness (QED) is 0.0256. The molecule has 0 aliphatic heterocycles. The molecule has 0 aliphatic carbocycles. The Bertz CT molecular complexity index is 981. The van der Waals surface area contributed by atoms with E-state index in [2.05, 4.69) is 54.8 Å². The van der Waals surface area contributed by atoms with Crippen LogP contribution in [0.1, 0.15) is 162 Å². The number of aliphatic hydroxyl groups is 1. The third-order valence-corrected chi connectivity index (χ3v) is 8.53. The number of allylic oxidation sites excluding steroid dienone is 8. The fourth-order valence-corrected chi connectivity index (χ4v) is 5.52. The number of esters is 2. The van der Waals surface area contributed by atoms with Crippen molar-refractivity contribution in [3.8, 4) is 0 Å². The van der Waals surface area contributed by atoms with Gasteiger partial charge in [0.1, 0.15) is 6.61 Å². The van der Waals surface area contributed by atoms with Crippen molar-refractivity contribution in [3.63, 3.8) is 0 Å². The van der Waals surface area contributed by atoms with Crippen molar-refractivity contribution in [3.05, 3.63) is 48.6 Å². The topological polar surface area (TPSA) is 140 Å². The lowest BCUT2D eigenvalue weighted by atomic mass is 10.0. The van der Waals surface area contributed by atoms with Crippen molar-refractivity contribution >= 4 is 19.8 Å². The summed E-state index contributed by atoms with van der Waals surface area (Å²) in [7, 11) is -4.77. The van der Waals surface area contributed by atoms with Crippen molar-refractivity contribution in [2.45, 2.75) is 174 Å². The smallest absolute Gasteiger partial charge is 0.462 e. The number of ether oxygens (including phenoxy) is 2. The van der Waals surface area contributed by atoms with Crippen LogP contribution in [-0.4, -0.2) is 52.3 Å². The molecule has 0 bridgehead atoms. The van der Waals surface area contributed by atoms with Crippen LogP contribution in [0.5, 0.6) is 0 Å². The molecule has 3 N–H and O–H groups in total. The monoisotopic (exact) mass is 726 g/mol. The zero-order chi connectivity index (χ0) is 37.1. The molecule has 0 heterocycles. The van der Waals surface area contributed by atoms with Gasteiger partial charge in [0.05, 0.1) is 12.7 Å². The van der Waals surface area contributed by atoms with E-state index in [4.69, 9.17) is 19.3 Å². The molecule has 0 fully saturated rings. The largest absolute Gasteiger partial charge is 0.469 e. The summed E-state index contributed by atoms with van der Waals surface area (Å²) < 4.78 is 26.3. The molecule has 0 rings (SSSR count). The van der Waals surface area contributed by atoms with Gasteiger partial charge in [-0.3, -0.25) is 14.1 Å². The van der Waals surface area contributed by atoms with Gasteiger partial charge in [-0.2, -0.15) is 0 Å². The Morgan fingerprint density at radius 3 is 1.54 bits per heavy atom. The van der Waals surface area contributed by atoms with E-state index in [1.54, 1.807) is 0 Å². The lowest BCUT2D eigenvalue weighted by molar-refractivity contribution is -0.161. The highest BCUT2D eigenvalue weighted by Crippen LogP contribution is 2.36. The molecule has 9 nitrogen and oxygen atoms in total. The molecule has 0 saturated heterocycles. The van der Waals surface area contributed by atoms with E-state index in [0.717, 1.165) is 63.7 Å². The van der Waals surface area contributed by atoms with E-state index in [9.17, 15) is 19.3 Å². The summed E-state index contributed by atoms with van der Waals surface area (Å²) in [6, 6.07) is 0. The first-order valence-electron chi connectivity index (χ1n) is 19.3. The third kappa shape index (κ3) is 38.8. The Morgan fingerprint density at radius 2 is 1.04 bits per heavy atom. The molecule has 50 heavy (non-hydrogen) atoms. The van der Waals surface area contributed by atoms with Crippen LogP contribution in [0.3, 0.4) is 0 Å². The number of hydrogen-bond acceptors (Lipinski definition) is 7. The van der Waals surface area contributed by atoms with Crippen LogP contribution in [0, 0.1) is 5.92 Å². The second kappa shape index (κ2) is 34.1. The summed E-state index contributed by atoms with van der Waals surface area (Å²) in [5, 5.41) is 9.24. The molecule has 0 spiro atoms. The standard InChI is InChI=1S/C40H71O9P/c1-36(2)30-26-22-18-14-10-9-13-17-21-25-29-33-40(43)49-38(35-48-50(44,45)46)34-47-39(42)32-28-24-20-16-12-8-6-4-5-7-11-15-19-23-27-31-37(3)41/h5-8,15-16,19-20,36-38,41H,4,9-14,17-18,21-35H2,1-3H3,(H2,44,45,46)/b7-5-,8-6-,19-15-,20-16-/t37-,38-/m1/s1. The maximum Gasteiger partial charge on any atom is 0.469 e. The first-order chi connectivity index (χ1) is 24.0. The second-order valence-electron chi connectivity index (χ2n) is 13.7. The molecule has 0 unspecified atom stereocenters. The summed E-state index contributed by atoms with van der Waals surface area (Å²) >= 11 is 0. The average molecular weight is 727 g/mol. The zero-order valence-electron chi connectivity index (χ0n) is 31.6. The number of unbranched alkanes of at least 4 members (excludes halogenated alkanes) is 12. The molecular weight excluding hydrogens is 655 g/mol. The summed E-state index contributed by atoms with van der Waals surface area (Å²) in [4.78, 5) is 42.7. The lowest BCUT2D eigenvalue weighted by Gasteiger charge is -2.18. The lowest BCUT2D eigenvalue weighted by Crippen LogP contribution is -2.29. The molecule has 10 heteroatoms. The van der Waals surface area contributed by atoms with E-state index in [0.29, 0.717) is 19.3 Å². The number of aliphatic hydroxyl groups excluding tert-OH is 1. The van der Waals surface area contributed by atoms with E-state index >= 15 is 0 Å². The first kappa shape index (κ1) is 48.0. The van der Waals surface area contributed by atoms with E-state index in [1.807, 2.05) is 19.1 Å². The molecule has 0 amide bonds. The van der Waals surface area contributed by atoms with Gasteiger partial charge in [0.25, 0.3) is 0 Å². The van der Waals surface area contributed by atoms with Crippen LogP contribution < -0.4 is 0 Å². The van der Waals surface area contributed by atoms with Crippen LogP contribution in [-0.2, 0) is 28.2 Å². The highest BCUT2D eigenvalue weighted by Gasteiger charge is 2.22. The number of hydrogen-bond donors (Lipinski definition) is 3. The van der Waals surface area contributed by atoms with Gasteiger partial charge >= 0.3 is 19.8 Å². The maximum atomic E-state index is 12.4. The third-order valence-electron chi connectivity index (χ3n) is 8.05. The van der Waals surface area contributed by atoms with Crippen LogP contribution >= 0.6 is 7.82 Å². The Labute approximate surface area is 304 Å². The molecule has 0 aromatic rings. The molecule has 0 aromatic heterocycles. The number of rotatable bonds is 34. The van der Waals surface area contributed by atoms with Gasteiger partial charge in [0.15, 0.2) is 6.10 Å². The minimum atomic E-state index is -4.77. The minimum absolute atomic E-state index is 0.179. The predicted molar refractivity (Wildman–Crippen MR) is 203 cm³/mol. The number of phosphoric ester groups is 1. The number of carbonyl (C=O) groups is 2. The van der Waals surface area contributed by atoms with Gasteiger partial charge < -0.3 is 24.4 Å². The van der Waals surface area contributed by atoms with Gasteiger partial charge in [0, 0.05) is 12.8 Å². The van der Waals surface area contributed by atoms with Gasteiger partial charge in [-0.05, 0) is 70.6 Å². The van der Waals surface area contributed by atoms with Gasteiger partial charge in [-0.15, -0.1) is 0 Å². The second-order valence-corrected chi connectivity index (χ2v) is 14.9. The van der Waals surface area contributed by atoms with Crippen molar-refractivity contribution in [2.24, 2.45) is 5.92 Å². The molecule has 290 valence electrons. The van der Waals surface area contributed by atoms with Gasteiger partial charge in [-0.1, -0.05) is 133 Å². The Morgan fingerprint density at radius 1 is 0.580 bits per heavy atom. The summed E-state index contributed by atoms with van der Waals surface area (Å²) in [6.07, 6.45) is 36.9. The fourth-order valence-electron chi connectivity index (χ4n) is 5.16. The van der Waals surface area contributed by atoms with Crippen LogP contribution in [0.15, 0.2) is 48.6 Å². The van der Waals surface area contributed by atoms with Gasteiger partial charge in [0.2, 0.25) is 0 Å². The van der Waals surface area contributed by atoms with Crippen molar-refractivity contribution in [2.75, 3.05) is 13.2 Å². The fraction of sp³-hybridized carbons (Fsp3) is 0.750. The van der Waals surface area contributed by atoms with Crippen molar-refractivity contribution < 1.29 is 43.0 Å². The SMILES string of the molecule is CC(C)CCCCCCCCCCCCCC(=O)O[C@H](COC(=O)CCC/C=C\C/C=C\C/C=C\C/C=C\CCC[C@@H](C)O)COP(=O)(O)O. The highest BCUT2D eigenvalue weighted by molar-refractivity contribution is 7.46. The summed E-state index contributed by atoms with van der Waals surface area (Å²) in [6.45, 7) is 5.49. The Balaban J connectivity index is 4.06. The summed E-state index contributed by atoms with van der Waals surface area (Å²) in [5.74, 6) is -0.168. The van der Waals surface area contributed by atoms with Crippen LogP contribution in [0.2, 0.25) is 0 Å². The first-order valence-corrected chi connectivity index (χ1v) is 20.9. The van der Waals surface area contributed by atoms with Crippen molar-refractivity contribution in [1.29, 1.82) is 0 Å². The Kier molecular flexibility index (Phi) is 32.7. The normalized spacial score (nSPS) is 13.7. The van der Waals surface area contributed by atoms with Crippen molar-refractivity contribution in [1.82, 2.24) is 0 Å². The van der Waals surface area contributed by atoms with Crippen LogP contribution in [0.4, 0.5) is 0 Å². The van der Waals surface area contributed by atoms with Crippen LogP contribution in [0.25, 0.3) is 0 Å².